The van der Waals surface area contributed by atoms with E-state index in [1.54, 1.807) is 19.1 Å². The maximum Gasteiger partial charge on any atom is 0.416 e. The topological polar surface area (TPSA) is 111 Å². The highest BCUT2D eigenvalue weighted by Gasteiger charge is 2.32. The number of hydrogen-bond donors (Lipinski definition) is 1. The number of anilines is 1. The Bertz CT molecular complexity index is 1510. The van der Waals surface area contributed by atoms with Crippen molar-refractivity contribution in [2.24, 2.45) is 0 Å². The largest absolute Gasteiger partial charge is 0.489 e. The van der Waals surface area contributed by atoms with Crippen LogP contribution in [0, 0.1) is 6.92 Å². The maximum absolute atomic E-state index is 12.7. The van der Waals surface area contributed by atoms with E-state index in [0.717, 1.165) is 33.7 Å². The molecule has 1 aliphatic heterocycles. The van der Waals surface area contributed by atoms with Crippen molar-refractivity contribution in [3.8, 4) is 5.75 Å². The fraction of sp³-hybridized carbons (Fsp3) is 0.226. The number of carbonyl (C=O) groups is 3. The number of halogens is 3. The van der Waals surface area contributed by atoms with Crippen LogP contribution in [0.15, 0.2) is 89.6 Å². The molecule has 0 saturated carbocycles. The lowest BCUT2D eigenvalue weighted by atomic mass is 9.92. The van der Waals surface area contributed by atoms with Gasteiger partial charge in [-0.1, -0.05) is 47.1 Å². The van der Waals surface area contributed by atoms with Gasteiger partial charge in [-0.3, -0.25) is 9.59 Å². The minimum atomic E-state index is -4.21. The molecule has 4 aromatic rings. The van der Waals surface area contributed by atoms with Gasteiger partial charge in [-0.25, -0.2) is 9.69 Å². The molecule has 1 fully saturated rings. The standard InChI is InChI=1S/C23H21N3O6.C8H7F3/c27-15-24-18-3-1-2-16(12-18)14-31-19-6-4-17(5-7-19)20(21-8-10-32-25-21)13-22(28)26-9-11-30-23(26)29;1-6-2-4-7(5-3-6)8(9,10)11/h1-8,10,12,15,20H,9,11,13-14H2,(H,24,27);2-5H,1H3. The Balaban J connectivity index is 0.000000324. The van der Waals surface area contributed by atoms with Gasteiger partial charge in [0.05, 0.1) is 17.8 Å². The molecular weight excluding hydrogens is 567 g/mol. The van der Waals surface area contributed by atoms with Gasteiger partial charge in [-0.15, -0.1) is 0 Å². The summed E-state index contributed by atoms with van der Waals surface area (Å²) in [6, 6.07) is 21.4. The Morgan fingerprint density at radius 2 is 1.84 bits per heavy atom. The molecular formula is C31H28F3N3O6. The number of alkyl halides is 3. The van der Waals surface area contributed by atoms with Gasteiger partial charge in [-0.2, -0.15) is 13.2 Å². The van der Waals surface area contributed by atoms with E-state index in [0.29, 0.717) is 30.1 Å². The molecule has 0 bridgehead atoms. The quantitative estimate of drug-likeness (QED) is 0.225. The average molecular weight is 596 g/mol. The number of amides is 3. The van der Waals surface area contributed by atoms with Crippen LogP contribution in [0.2, 0.25) is 0 Å². The second-order valence-corrected chi connectivity index (χ2v) is 9.52. The number of nitrogens with one attached hydrogen (secondary N) is 1. The summed E-state index contributed by atoms with van der Waals surface area (Å²) in [5.74, 6) is -0.0599. The van der Waals surface area contributed by atoms with E-state index in [-0.39, 0.29) is 31.4 Å². The van der Waals surface area contributed by atoms with E-state index in [2.05, 4.69) is 10.5 Å². The van der Waals surface area contributed by atoms with Crippen LogP contribution < -0.4 is 10.1 Å². The summed E-state index contributed by atoms with van der Waals surface area (Å²) in [7, 11) is 0. The fourth-order valence-corrected chi connectivity index (χ4v) is 4.22. The number of hydrogen-bond acceptors (Lipinski definition) is 7. The molecule has 1 unspecified atom stereocenters. The van der Waals surface area contributed by atoms with Crippen molar-refractivity contribution in [1.29, 1.82) is 0 Å². The van der Waals surface area contributed by atoms with Crippen LogP contribution in [0.5, 0.6) is 5.75 Å². The van der Waals surface area contributed by atoms with E-state index in [4.69, 9.17) is 14.0 Å². The van der Waals surface area contributed by atoms with Crippen LogP contribution in [0.1, 0.15) is 40.3 Å². The van der Waals surface area contributed by atoms with Gasteiger partial charge in [0.25, 0.3) is 0 Å². The van der Waals surface area contributed by atoms with Crippen molar-refractivity contribution in [3.05, 3.63) is 113 Å². The molecule has 9 nitrogen and oxygen atoms in total. The molecule has 0 aliphatic carbocycles. The first-order chi connectivity index (χ1) is 20.6. The zero-order chi connectivity index (χ0) is 30.8. The van der Waals surface area contributed by atoms with Gasteiger partial charge in [0.1, 0.15) is 25.2 Å². The highest BCUT2D eigenvalue weighted by molar-refractivity contribution is 5.93. The monoisotopic (exact) mass is 595 g/mol. The summed E-state index contributed by atoms with van der Waals surface area (Å²) in [6.45, 7) is 2.54. The van der Waals surface area contributed by atoms with Crippen LogP contribution in [-0.4, -0.2) is 41.6 Å². The average Bonchev–Trinajstić information content (AvgIpc) is 3.68. The van der Waals surface area contributed by atoms with E-state index < -0.39 is 17.8 Å². The van der Waals surface area contributed by atoms with Crippen LogP contribution in [0.25, 0.3) is 0 Å². The number of ether oxygens (including phenoxy) is 2. The smallest absolute Gasteiger partial charge is 0.416 e. The Morgan fingerprint density at radius 1 is 1.09 bits per heavy atom. The number of rotatable bonds is 9. The molecule has 3 amide bonds. The first-order valence-corrected chi connectivity index (χ1v) is 13.2. The molecule has 1 saturated heterocycles. The van der Waals surface area contributed by atoms with Gasteiger partial charge < -0.3 is 19.3 Å². The van der Waals surface area contributed by atoms with E-state index >= 15 is 0 Å². The zero-order valence-corrected chi connectivity index (χ0v) is 23.0. The third kappa shape index (κ3) is 8.68. The molecule has 12 heteroatoms. The summed E-state index contributed by atoms with van der Waals surface area (Å²) in [4.78, 5) is 36.1. The first-order valence-electron chi connectivity index (χ1n) is 13.2. The minimum absolute atomic E-state index is 0.0539. The molecule has 224 valence electrons. The normalized spacial score (nSPS) is 13.4. The predicted molar refractivity (Wildman–Crippen MR) is 149 cm³/mol. The predicted octanol–water partition coefficient (Wildman–Crippen LogP) is 6.34. The van der Waals surface area contributed by atoms with Gasteiger partial charge >= 0.3 is 12.3 Å². The van der Waals surface area contributed by atoms with E-state index in [9.17, 15) is 27.6 Å². The number of benzene rings is 3. The van der Waals surface area contributed by atoms with Crippen molar-refractivity contribution in [2.75, 3.05) is 18.5 Å². The van der Waals surface area contributed by atoms with Crippen molar-refractivity contribution < 1.29 is 41.6 Å². The molecule has 0 spiro atoms. The first kappa shape index (κ1) is 30.8. The number of aromatic nitrogens is 1. The summed E-state index contributed by atoms with van der Waals surface area (Å²) in [5, 5.41) is 6.60. The third-order valence-electron chi connectivity index (χ3n) is 6.47. The van der Waals surface area contributed by atoms with Crippen LogP contribution in [0.4, 0.5) is 23.7 Å². The van der Waals surface area contributed by atoms with Crippen molar-refractivity contribution >= 4 is 24.1 Å². The molecule has 0 radical (unpaired) electrons. The third-order valence-corrected chi connectivity index (χ3v) is 6.47. The highest BCUT2D eigenvalue weighted by Crippen LogP contribution is 2.30. The summed E-state index contributed by atoms with van der Waals surface area (Å²) < 4.78 is 51.4. The van der Waals surface area contributed by atoms with Crippen molar-refractivity contribution in [1.82, 2.24) is 10.1 Å². The number of aryl methyl sites for hydroxylation is 1. The van der Waals surface area contributed by atoms with E-state index in [1.165, 1.54) is 18.4 Å². The van der Waals surface area contributed by atoms with Crippen molar-refractivity contribution in [3.63, 3.8) is 0 Å². The highest BCUT2D eigenvalue weighted by atomic mass is 19.4. The Labute approximate surface area is 245 Å². The number of carbonyl (C=O) groups excluding carboxylic acids is 3. The molecule has 43 heavy (non-hydrogen) atoms. The summed E-state index contributed by atoms with van der Waals surface area (Å²) in [5.41, 5.74) is 3.27. The van der Waals surface area contributed by atoms with Gasteiger partial charge in [0.15, 0.2) is 0 Å². The molecule has 1 N–H and O–H groups in total. The number of imide groups is 1. The van der Waals surface area contributed by atoms with Gasteiger partial charge in [0, 0.05) is 24.1 Å². The lowest BCUT2D eigenvalue weighted by Crippen LogP contribution is -2.32. The number of nitrogens with zero attached hydrogens (tertiary/aromatic N) is 2. The van der Waals surface area contributed by atoms with Gasteiger partial charge in [0.2, 0.25) is 12.3 Å². The fourth-order valence-electron chi connectivity index (χ4n) is 4.22. The molecule has 1 aliphatic rings. The lowest BCUT2D eigenvalue weighted by Gasteiger charge is -2.18. The second-order valence-electron chi connectivity index (χ2n) is 9.52. The zero-order valence-electron chi connectivity index (χ0n) is 23.0. The molecule has 1 aromatic heterocycles. The van der Waals surface area contributed by atoms with Gasteiger partial charge in [-0.05, 0) is 54.4 Å². The molecule has 5 rings (SSSR count). The maximum atomic E-state index is 12.7. The van der Waals surface area contributed by atoms with Crippen LogP contribution >= 0.6 is 0 Å². The van der Waals surface area contributed by atoms with E-state index in [1.807, 2.05) is 42.5 Å². The summed E-state index contributed by atoms with van der Waals surface area (Å²) >= 11 is 0. The Morgan fingerprint density at radius 3 is 2.44 bits per heavy atom. The Kier molecular flexibility index (Phi) is 10.2. The Hall–Kier alpha value is -5.13. The minimum Gasteiger partial charge on any atom is -0.489 e. The molecule has 3 aromatic carbocycles. The van der Waals surface area contributed by atoms with Crippen LogP contribution in [0.3, 0.4) is 0 Å². The summed E-state index contributed by atoms with van der Waals surface area (Å²) in [6.07, 6.45) is -2.71. The molecule has 2 heterocycles. The SMILES string of the molecule is Cc1ccc(C(F)(F)F)cc1.O=CNc1cccc(COc2ccc(C(CC(=O)N3CCOC3=O)c3ccon3)cc2)c1. The van der Waals surface area contributed by atoms with Crippen molar-refractivity contribution in [2.45, 2.75) is 32.0 Å². The lowest BCUT2D eigenvalue weighted by molar-refractivity contribution is -0.137. The number of cyclic esters (lactones) is 1. The van der Waals surface area contributed by atoms with Crippen LogP contribution in [-0.2, 0) is 27.1 Å². The second kappa shape index (κ2) is 14.2. The molecule has 1 atom stereocenters.